The number of nitrogens with one attached hydrogen (secondary N) is 1. The van der Waals surface area contributed by atoms with Gasteiger partial charge >= 0.3 is 0 Å². The van der Waals surface area contributed by atoms with Crippen molar-refractivity contribution in [3.05, 3.63) is 58.0 Å². The van der Waals surface area contributed by atoms with Gasteiger partial charge in [-0.3, -0.25) is 9.59 Å². The van der Waals surface area contributed by atoms with Crippen molar-refractivity contribution in [3.8, 4) is 17.2 Å². The molecule has 0 fully saturated rings. The Morgan fingerprint density at radius 1 is 1.00 bits per heavy atom. The zero-order chi connectivity index (χ0) is 16.8. The average molecular weight is 352 g/mol. The van der Waals surface area contributed by atoms with E-state index >= 15 is 0 Å². The predicted octanol–water partition coefficient (Wildman–Crippen LogP) is 2.72. The lowest BCUT2D eigenvalue weighted by Crippen LogP contribution is -2.05. The molecule has 1 aromatic carbocycles. The van der Waals surface area contributed by atoms with Crippen molar-refractivity contribution in [2.24, 2.45) is 0 Å². The highest BCUT2D eigenvalue weighted by Gasteiger charge is 2.08. The lowest BCUT2D eigenvalue weighted by Gasteiger charge is -2.08. The van der Waals surface area contributed by atoms with E-state index in [-0.39, 0.29) is 29.4 Å². The van der Waals surface area contributed by atoms with E-state index in [0.717, 1.165) is 0 Å². The van der Waals surface area contributed by atoms with Gasteiger partial charge in [0.15, 0.2) is 23.0 Å². The maximum atomic E-state index is 12.2. The lowest BCUT2D eigenvalue weighted by molar-refractivity contribution is 0.104. The minimum atomic E-state index is -0.260. The van der Waals surface area contributed by atoms with Crippen LogP contribution >= 0.6 is 12.4 Å². The summed E-state index contributed by atoms with van der Waals surface area (Å²) < 4.78 is 15.2. The maximum absolute atomic E-state index is 12.2. The highest BCUT2D eigenvalue weighted by molar-refractivity contribution is 6.07. The standard InChI is InChI=1S/C17H17NO5.ClH/c1-21-15-7-4-11(8-16(15)22-2)13(19)6-5-12-9-14(20)17(23-3)10-18-12;/h4-10H,1-3H3,(H,18,20);1H/b6-5+;. The van der Waals surface area contributed by atoms with Crippen molar-refractivity contribution in [2.45, 2.75) is 0 Å². The van der Waals surface area contributed by atoms with Crippen LogP contribution in [-0.4, -0.2) is 32.1 Å². The van der Waals surface area contributed by atoms with Gasteiger partial charge in [-0.2, -0.15) is 0 Å². The van der Waals surface area contributed by atoms with Crippen molar-refractivity contribution in [1.29, 1.82) is 0 Å². The van der Waals surface area contributed by atoms with Crippen LogP contribution in [0.1, 0.15) is 16.1 Å². The molecule has 24 heavy (non-hydrogen) atoms. The molecule has 2 rings (SSSR count). The van der Waals surface area contributed by atoms with Crippen molar-refractivity contribution >= 4 is 24.3 Å². The van der Waals surface area contributed by atoms with E-state index in [9.17, 15) is 9.59 Å². The van der Waals surface area contributed by atoms with Crippen LogP contribution in [0.25, 0.3) is 6.08 Å². The van der Waals surface area contributed by atoms with Gasteiger partial charge in [-0.1, -0.05) is 0 Å². The van der Waals surface area contributed by atoms with E-state index < -0.39 is 0 Å². The summed E-state index contributed by atoms with van der Waals surface area (Å²) in [4.78, 5) is 26.7. The number of hydrogen-bond donors (Lipinski definition) is 1. The van der Waals surface area contributed by atoms with Crippen molar-refractivity contribution in [3.63, 3.8) is 0 Å². The molecular weight excluding hydrogens is 334 g/mol. The number of H-pyrrole nitrogens is 1. The number of hydrogen-bond acceptors (Lipinski definition) is 5. The summed E-state index contributed by atoms with van der Waals surface area (Å²) in [5, 5.41) is 0. The number of benzene rings is 1. The van der Waals surface area contributed by atoms with Crippen LogP contribution in [0.5, 0.6) is 17.2 Å². The molecule has 0 aliphatic heterocycles. The van der Waals surface area contributed by atoms with Crippen molar-refractivity contribution < 1.29 is 19.0 Å². The number of carbonyl (C=O) groups excluding carboxylic acids is 1. The third kappa shape index (κ3) is 4.39. The van der Waals surface area contributed by atoms with Gasteiger partial charge in [-0.05, 0) is 30.4 Å². The quantitative estimate of drug-likeness (QED) is 0.639. The first-order chi connectivity index (χ1) is 11.1. The number of rotatable bonds is 6. The molecule has 1 N–H and O–H groups in total. The van der Waals surface area contributed by atoms with Crippen LogP contribution in [0.3, 0.4) is 0 Å². The fraction of sp³-hybridized carbons (Fsp3) is 0.176. The van der Waals surface area contributed by atoms with Crippen LogP contribution < -0.4 is 19.6 Å². The molecule has 0 atom stereocenters. The van der Waals surface area contributed by atoms with Gasteiger partial charge in [0.1, 0.15) is 0 Å². The Morgan fingerprint density at radius 2 is 1.67 bits per heavy atom. The third-order valence-electron chi connectivity index (χ3n) is 3.20. The number of carbonyl (C=O) groups is 1. The van der Waals surface area contributed by atoms with Gasteiger partial charge in [0, 0.05) is 23.5 Å². The Bertz CT molecular complexity index is 798. The highest BCUT2D eigenvalue weighted by atomic mass is 35.5. The number of ether oxygens (including phenoxy) is 3. The zero-order valence-corrected chi connectivity index (χ0v) is 14.3. The Kier molecular flexibility index (Phi) is 7.07. The summed E-state index contributed by atoms with van der Waals surface area (Å²) in [5.74, 6) is 1.02. The fourth-order valence-corrected chi connectivity index (χ4v) is 1.98. The zero-order valence-electron chi connectivity index (χ0n) is 13.5. The van der Waals surface area contributed by atoms with Crippen molar-refractivity contribution in [1.82, 2.24) is 4.98 Å². The van der Waals surface area contributed by atoms with Crippen LogP contribution in [0.15, 0.2) is 41.3 Å². The normalized spacial score (nSPS) is 10.1. The highest BCUT2D eigenvalue weighted by Crippen LogP contribution is 2.27. The Morgan fingerprint density at radius 3 is 2.25 bits per heavy atom. The summed E-state index contributed by atoms with van der Waals surface area (Å²) in [7, 11) is 4.45. The van der Waals surface area contributed by atoms with Gasteiger partial charge in [-0.15, -0.1) is 12.4 Å². The number of methoxy groups -OCH3 is 3. The van der Waals surface area contributed by atoms with E-state index in [1.165, 1.54) is 45.7 Å². The van der Waals surface area contributed by atoms with E-state index in [2.05, 4.69) is 4.98 Å². The Labute approximate surface area is 145 Å². The molecule has 7 heteroatoms. The topological polar surface area (TPSA) is 77.6 Å². The van der Waals surface area contributed by atoms with Crippen LogP contribution in [0.4, 0.5) is 0 Å². The molecule has 2 aromatic rings. The molecule has 0 saturated carbocycles. The predicted molar refractivity (Wildman–Crippen MR) is 93.8 cm³/mol. The van der Waals surface area contributed by atoms with Crippen LogP contribution in [0.2, 0.25) is 0 Å². The second-order valence-electron chi connectivity index (χ2n) is 4.59. The first-order valence-electron chi connectivity index (χ1n) is 6.80. The fourth-order valence-electron chi connectivity index (χ4n) is 1.98. The minimum absolute atomic E-state index is 0. The molecule has 0 amide bonds. The van der Waals surface area contributed by atoms with Crippen LogP contribution in [0, 0.1) is 0 Å². The number of aromatic nitrogens is 1. The van der Waals surface area contributed by atoms with Crippen LogP contribution in [-0.2, 0) is 0 Å². The summed E-state index contributed by atoms with van der Waals surface area (Å²) in [5.41, 5.74) is 0.698. The lowest BCUT2D eigenvalue weighted by atomic mass is 10.1. The minimum Gasteiger partial charge on any atom is -0.493 e. The van der Waals surface area contributed by atoms with E-state index in [4.69, 9.17) is 14.2 Å². The number of ketones is 1. The first kappa shape index (κ1) is 19.3. The molecule has 6 nitrogen and oxygen atoms in total. The van der Waals surface area contributed by atoms with E-state index in [1.54, 1.807) is 18.2 Å². The van der Waals surface area contributed by atoms with E-state index in [0.29, 0.717) is 22.8 Å². The molecule has 0 saturated heterocycles. The van der Waals surface area contributed by atoms with Gasteiger partial charge < -0.3 is 19.2 Å². The number of pyridine rings is 1. The van der Waals surface area contributed by atoms with E-state index in [1.807, 2.05) is 0 Å². The molecule has 1 aromatic heterocycles. The Hall–Kier alpha value is -2.73. The number of halogens is 1. The SMILES string of the molecule is COc1ccc(C(=O)/C=C/c2cc(=O)c(OC)c[nH]2)cc1OC.Cl. The summed E-state index contributed by atoms with van der Waals surface area (Å²) in [6.07, 6.45) is 4.35. The average Bonchev–Trinajstić information content (AvgIpc) is 2.59. The summed E-state index contributed by atoms with van der Waals surface area (Å²) >= 11 is 0. The Balaban J connectivity index is 0.00000288. The van der Waals surface area contributed by atoms with Gasteiger partial charge in [0.2, 0.25) is 5.43 Å². The van der Waals surface area contributed by atoms with Gasteiger partial charge in [0.05, 0.1) is 21.3 Å². The molecule has 0 radical (unpaired) electrons. The van der Waals surface area contributed by atoms with Gasteiger partial charge in [0.25, 0.3) is 0 Å². The number of allylic oxidation sites excluding steroid dienone is 1. The molecule has 0 bridgehead atoms. The molecular formula is C17H18ClNO5. The molecule has 0 spiro atoms. The third-order valence-corrected chi connectivity index (χ3v) is 3.20. The second kappa shape index (κ2) is 8.79. The monoisotopic (exact) mass is 351 g/mol. The smallest absolute Gasteiger partial charge is 0.223 e. The number of aromatic amines is 1. The van der Waals surface area contributed by atoms with Gasteiger partial charge in [-0.25, -0.2) is 0 Å². The summed E-state index contributed by atoms with van der Waals surface area (Å²) in [6, 6.07) is 6.26. The largest absolute Gasteiger partial charge is 0.493 e. The molecule has 0 aliphatic rings. The second-order valence-corrected chi connectivity index (χ2v) is 4.59. The molecule has 0 unspecified atom stereocenters. The molecule has 0 aliphatic carbocycles. The molecule has 128 valence electrons. The molecule has 1 heterocycles. The van der Waals surface area contributed by atoms with Crippen molar-refractivity contribution in [2.75, 3.05) is 21.3 Å². The first-order valence-corrected chi connectivity index (χ1v) is 6.80. The summed E-state index contributed by atoms with van der Waals surface area (Å²) in [6.45, 7) is 0. The maximum Gasteiger partial charge on any atom is 0.223 e.